The fourth-order valence-electron chi connectivity index (χ4n) is 3.71. The zero-order valence-electron chi connectivity index (χ0n) is 19.3. The van der Waals surface area contributed by atoms with Crippen LogP contribution in [0.4, 0.5) is 4.39 Å². The lowest BCUT2D eigenvalue weighted by molar-refractivity contribution is -0.140. The fraction of sp³-hybridized carbons (Fsp3) is 0.360. The zero-order chi connectivity index (χ0) is 24.1. The summed E-state index contributed by atoms with van der Waals surface area (Å²) in [6, 6.07) is 9.49. The Bertz CT molecular complexity index is 1050. The van der Waals surface area contributed by atoms with E-state index in [0.717, 1.165) is 6.42 Å². The highest BCUT2D eigenvalue weighted by Gasteiger charge is 2.46. The molecular weight excluding hydrogens is 427 g/mol. The summed E-state index contributed by atoms with van der Waals surface area (Å²) in [5.41, 5.74) is 0.800. The van der Waals surface area contributed by atoms with Crippen LogP contribution in [0.25, 0.3) is 5.76 Å². The highest BCUT2D eigenvalue weighted by atomic mass is 19.1. The Kier molecular flexibility index (Phi) is 7.71. The first-order valence-corrected chi connectivity index (χ1v) is 10.8. The van der Waals surface area contributed by atoms with E-state index in [0.29, 0.717) is 30.2 Å². The maximum Gasteiger partial charge on any atom is 0.295 e. The number of ether oxygens (including phenoxy) is 2. The lowest BCUT2D eigenvalue weighted by Crippen LogP contribution is -2.35. The molecule has 0 aromatic heterocycles. The summed E-state index contributed by atoms with van der Waals surface area (Å²) in [6.45, 7) is 3.31. The normalized spacial score (nSPS) is 17.6. The van der Waals surface area contributed by atoms with Gasteiger partial charge in [0.15, 0.2) is 11.5 Å². The van der Waals surface area contributed by atoms with E-state index in [1.807, 2.05) is 25.9 Å². The molecule has 1 atom stereocenters. The van der Waals surface area contributed by atoms with E-state index < -0.39 is 23.5 Å². The summed E-state index contributed by atoms with van der Waals surface area (Å²) < 4.78 is 24.6. The Labute approximate surface area is 193 Å². The van der Waals surface area contributed by atoms with Gasteiger partial charge in [0.25, 0.3) is 11.7 Å². The van der Waals surface area contributed by atoms with E-state index in [1.54, 1.807) is 18.2 Å². The highest BCUT2D eigenvalue weighted by Crippen LogP contribution is 2.41. The molecule has 176 valence electrons. The van der Waals surface area contributed by atoms with E-state index in [1.165, 1.54) is 36.3 Å². The molecule has 0 saturated carbocycles. The lowest BCUT2D eigenvalue weighted by Gasteiger charge is -2.27. The van der Waals surface area contributed by atoms with Crippen LogP contribution in [0, 0.1) is 5.82 Å². The Hall–Kier alpha value is -3.39. The van der Waals surface area contributed by atoms with E-state index >= 15 is 0 Å². The van der Waals surface area contributed by atoms with Crippen molar-refractivity contribution in [2.45, 2.75) is 19.4 Å². The van der Waals surface area contributed by atoms with Gasteiger partial charge in [-0.05, 0) is 62.5 Å². The Balaban J connectivity index is 2.14. The molecule has 0 spiro atoms. The number of ketones is 1. The third-order valence-corrected chi connectivity index (χ3v) is 5.41. The van der Waals surface area contributed by atoms with Crippen molar-refractivity contribution in [1.29, 1.82) is 0 Å². The minimum Gasteiger partial charge on any atom is -0.507 e. The van der Waals surface area contributed by atoms with E-state index in [4.69, 9.17) is 9.47 Å². The van der Waals surface area contributed by atoms with E-state index in [9.17, 15) is 19.1 Å². The van der Waals surface area contributed by atoms with Gasteiger partial charge >= 0.3 is 0 Å². The van der Waals surface area contributed by atoms with Crippen LogP contribution in [0.5, 0.6) is 11.5 Å². The van der Waals surface area contributed by atoms with Gasteiger partial charge in [-0.25, -0.2) is 4.39 Å². The van der Waals surface area contributed by atoms with Gasteiger partial charge in [0.2, 0.25) is 0 Å². The molecule has 1 fully saturated rings. The molecule has 33 heavy (non-hydrogen) atoms. The maximum atomic E-state index is 13.4. The van der Waals surface area contributed by atoms with Crippen molar-refractivity contribution in [3.8, 4) is 11.5 Å². The molecule has 1 heterocycles. The number of aliphatic hydroxyl groups is 1. The van der Waals surface area contributed by atoms with Crippen LogP contribution in [0.1, 0.15) is 30.5 Å². The molecule has 0 aliphatic carbocycles. The standard InChI is InChI=1S/C25H29FN2O5/c1-5-14-33-19-11-8-17(15-20(19)32-4)22-21(23(29)16-6-9-18(26)10-7-16)24(30)25(31)28(22)13-12-27(2)3/h6-11,15,22,29H,5,12-14H2,1-4H3/t22-/m0/s1. The second-order valence-electron chi connectivity index (χ2n) is 8.06. The molecule has 8 heteroatoms. The summed E-state index contributed by atoms with van der Waals surface area (Å²) in [5, 5.41) is 11.0. The zero-order valence-corrected chi connectivity index (χ0v) is 19.3. The number of aliphatic hydroxyl groups excluding tert-OH is 1. The van der Waals surface area contributed by atoms with Gasteiger partial charge < -0.3 is 24.4 Å². The van der Waals surface area contributed by atoms with Gasteiger partial charge in [0, 0.05) is 18.7 Å². The first kappa shape index (κ1) is 24.3. The SMILES string of the molecule is CCCOc1ccc([C@H]2C(=C(O)c3ccc(F)cc3)C(=O)C(=O)N2CCN(C)C)cc1OC. The van der Waals surface area contributed by atoms with Crippen LogP contribution in [0.2, 0.25) is 0 Å². The third-order valence-electron chi connectivity index (χ3n) is 5.41. The van der Waals surface area contributed by atoms with E-state index in [2.05, 4.69) is 0 Å². The van der Waals surface area contributed by atoms with Crippen LogP contribution in [0.15, 0.2) is 48.0 Å². The predicted molar refractivity (Wildman–Crippen MR) is 123 cm³/mol. The van der Waals surface area contributed by atoms with Gasteiger partial charge in [-0.3, -0.25) is 9.59 Å². The second kappa shape index (κ2) is 10.5. The van der Waals surface area contributed by atoms with Crippen LogP contribution in [-0.2, 0) is 9.59 Å². The average molecular weight is 457 g/mol. The van der Waals surface area contributed by atoms with Crippen molar-refractivity contribution in [2.75, 3.05) is 40.9 Å². The Morgan fingerprint density at radius 3 is 2.42 bits per heavy atom. The molecule has 2 aromatic rings. The first-order chi connectivity index (χ1) is 15.8. The molecule has 0 unspecified atom stereocenters. The summed E-state index contributed by atoms with van der Waals surface area (Å²) in [6.07, 6.45) is 0.827. The summed E-state index contributed by atoms with van der Waals surface area (Å²) in [4.78, 5) is 29.3. The second-order valence-corrected chi connectivity index (χ2v) is 8.06. The quantitative estimate of drug-likeness (QED) is 0.353. The number of rotatable bonds is 9. The number of methoxy groups -OCH3 is 1. The molecule has 3 rings (SSSR count). The molecular formula is C25H29FN2O5. The van der Waals surface area contributed by atoms with Crippen molar-refractivity contribution < 1.29 is 28.6 Å². The van der Waals surface area contributed by atoms with Gasteiger partial charge in [-0.1, -0.05) is 13.0 Å². The van der Waals surface area contributed by atoms with Crippen LogP contribution in [-0.4, -0.2) is 67.5 Å². The highest BCUT2D eigenvalue weighted by molar-refractivity contribution is 6.46. The van der Waals surface area contributed by atoms with Crippen molar-refractivity contribution in [3.05, 3.63) is 65.0 Å². The Morgan fingerprint density at radius 2 is 1.82 bits per heavy atom. The lowest BCUT2D eigenvalue weighted by atomic mass is 9.95. The molecule has 1 aliphatic heterocycles. The average Bonchev–Trinajstić information content (AvgIpc) is 3.06. The Morgan fingerprint density at radius 1 is 1.12 bits per heavy atom. The molecule has 1 saturated heterocycles. The van der Waals surface area contributed by atoms with E-state index in [-0.39, 0.29) is 23.4 Å². The number of likely N-dealkylation sites (tertiary alicyclic amines) is 1. The molecule has 2 aromatic carbocycles. The minimum atomic E-state index is -0.830. The molecule has 0 bridgehead atoms. The maximum absolute atomic E-state index is 13.4. The molecule has 1 aliphatic rings. The van der Waals surface area contributed by atoms with Gasteiger partial charge in [-0.2, -0.15) is 0 Å². The molecule has 1 N–H and O–H groups in total. The number of amides is 1. The number of hydrogen-bond acceptors (Lipinski definition) is 6. The number of carbonyl (C=O) groups is 2. The fourth-order valence-corrected chi connectivity index (χ4v) is 3.71. The van der Waals surface area contributed by atoms with Crippen LogP contribution >= 0.6 is 0 Å². The van der Waals surface area contributed by atoms with Crippen molar-refractivity contribution in [2.24, 2.45) is 0 Å². The summed E-state index contributed by atoms with van der Waals surface area (Å²) in [7, 11) is 5.25. The summed E-state index contributed by atoms with van der Waals surface area (Å²) >= 11 is 0. The molecule has 1 amide bonds. The van der Waals surface area contributed by atoms with Gasteiger partial charge in [0.1, 0.15) is 11.6 Å². The first-order valence-electron chi connectivity index (χ1n) is 10.8. The number of halogens is 1. The monoisotopic (exact) mass is 456 g/mol. The van der Waals surface area contributed by atoms with Crippen molar-refractivity contribution >= 4 is 17.4 Å². The number of Topliss-reactive ketones (excluding diaryl/α,β-unsaturated/α-hetero) is 1. The predicted octanol–water partition coefficient (Wildman–Crippen LogP) is 3.61. The van der Waals surface area contributed by atoms with Crippen LogP contribution < -0.4 is 9.47 Å². The van der Waals surface area contributed by atoms with Crippen LogP contribution in [0.3, 0.4) is 0 Å². The topological polar surface area (TPSA) is 79.3 Å². The summed E-state index contributed by atoms with van der Waals surface area (Å²) in [5.74, 6) is -1.30. The third kappa shape index (κ3) is 5.17. The number of nitrogens with zero attached hydrogens (tertiary/aromatic N) is 2. The largest absolute Gasteiger partial charge is 0.507 e. The number of likely N-dealkylation sites (N-methyl/N-ethyl adjacent to an activating group) is 1. The van der Waals surface area contributed by atoms with Crippen molar-refractivity contribution in [1.82, 2.24) is 9.80 Å². The molecule has 7 nitrogen and oxygen atoms in total. The smallest absolute Gasteiger partial charge is 0.295 e. The molecule has 0 radical (unpaired) electrons. The minimum absolute atomic E-state index is 0.0466. The van der Waals surface area contributed by atoms with Gasteiger partial charge in [-0.15, -0.1) is 0 Å². The van der Waals surface area contributed by atoms with Gasteiger partial charge in [0.05, 0.1) is 25.3 Å². The number of benzene rings is 2. The number of hydrogen-bond donors (Lipinski definition) is 1. The van der Waals surface area contributed by atoms with Crippen molar-refractivity contribution in [3.63, 3.8) is 0 Å². The number of carbonyl (C=O) groups excluding carboxylic acids is 2.